The zero-order valence-electron chi connectivity index (χ0n) is 12.2. The predicted octanol–water partition coefficient (Wildman–Crippen LogP) is 3.43. The minimum absolute atomic E-state index is 0.213. The average molecular weight is 269 g/mol. The molecule has 1 heterocycles. The summed E-state index contributed by atoms with van der Waals surface area (Å²) in [6, 6.07) is 10.9. The molecule has 1 aliphatic carbocycles. The Morgan fingerprint density at radius 1 is 1.25 bits per heavy atom. The van der Waals surface area contributed by atoms with Crippen LogP contribution < -0.4 is 0 Å². The second-order valence-electron chi connectivity index (χ2n) is 6.16. The molecular weight excluding hydrogens is 246 g/mol. The fourth-order valence-electron chi connectivity index (χ4n) is 3.63. The maximum Gasteiger partial charge on any atom is 0.226 e. The molecule has 106 valence electrons. The molecule has 0 bridgehead atoms. The van der Waals surface area contributed by atoms with E-state index in [9.17, 15) is 4.79 Å². The number of hydrogen-bond donors (Lipinski definition) is 0. The standard InChI is InChI=1S/C18H23NO/c1-19-16(12-14-8-4-2-5-9-14)13-17(18(19)20)15-10-6-3-7-11-15/h2,4-6,8-10,15-17H,3,7,11-13H2,1H3/t15?,16-,17?/m0/s1. The first kappa shape index (κ1) is 13.4. The molecule has 1 saturated heterocycles. The quantitative estimate of drug-likeness (QED) is 0.770. The van der Waals surface area contributed by atoms with Crippen molar-refractivity contribution in [2.45, 2.75) is 38.1 Å². The van der Waals surface area contributed by atoms with Crippen LogP contribution in [0.3, 0.4) is 0 Å². The number of likely N-dealkylation sites (N-methyl/N-ethyl adjacent to an activating group) is 1. The molecule has 0 N–H and O–H groups in total. The van der Waals surface area contributed by atoms with E-state index in [2.05, 4.69) is 36.4 Å². The number of carbonyl (C=O) groups excluding carboxylic acids is 1. The van der Waals surface area contributed by atoms with Crippen LogP contribution in [0.2, 0.25) is 0 Å². The van der Waals surface area contributed by atoms with Crippen molar-refractivity contribution >= 4 is 5.91 Å². The van der Waals surface area contributed by atoms with E-state index >= 15 is 0 Å². The lowest BCUT2D eigenvalue weighted by Gasteiger charge is -2.21. The molecule has 1 fully saturated rings. The largest absolute Gasteiger partial charge is 0.342 e. The Hall–Kier alpha value is -1.57. The van der Waals surface area contributed by atoms with Gasteiger partial charge in [-0.05, 0) is 43.6 Å². The van der Waals surface area contributed by atoms with Gasteiger partial charge in [0.25, 0.3) is 0 Å². The fraction of sp³-hybridized carbons (Fsp3) is 0.500. The highest BCUT2D eigenvalue weighted by molar-refractivity contribution is 5.81. The lowest BCUT2D eigenvalue weighted by Crippen LogP contribution is -2.32. The Labute approximate surface area is 121 Å². The molecule has 2 heteroatoms. The zero-order chi connectivity index (χ0) is 13.9. The molecule has 1 amide bonds. The highest BCUT2D eigenvalue weighted by atomic mass is 16.2. The third-order valence-corrected chi connectivity index (χ3v) is 4.86. The van der Waals surface area contributed by atoms with Gasteiger partial charge in [0.05, 0.1) is 0 Å². The first-order valence-corrected chi connectivity index (χ1v) is 7.73. The minimum Gasteiger partial charge on any atom is -0.342 e. The van der Waals surface area contributed by atoms with Crippen molar-refractivity contribution in [1.82, 2.24) is 4.90 Å². The van der Waals surface area contributed by atoms with Gasteiger partial charge in [-0.2, -0.15) is 0 Å². The lowest BCUT2D eigenvalue weighted by molar-refractivity contribution is -0.131. The summed E-state index contributed by atoms with van der Waals surface area (Å²) in [6.07, 6.45) is 10.1. The van der Waals surface area contributed by atoms with Crippen LogP contribution in [-0.4, -0.2) is 23.9 Å². The summed E-state index contributed by atoms with van der Waals surface area (Å²) in [5.41, 5.74) is 1.33. The molecule has 1 aliphatic heterocycles. The summed E-state index contributed by atoms with van der Waals surface area (Å²) in [7, 11) is 1.97. The van der Waals surface area contributed by atoms with Gasteiger partial charge in [-0.15, -0.1) is 0 Å². The highest BCUT2D eigenvalue weighted by Crippen LogP contribution is 2.35. The minimum atomic E-state index is 0.213. The van der Waals surface area contributed by atoms with Gasteiger partial charge in [0.1, 0.15) is 0 Å². The molecule has 2 unspecified atom stereocenters. The highest BCUT2D eigenvalue weighted by Gasteiger charge is 2.40. The Kier molecular flexibility index (Phi) is 3.90. The predicted molar refractivity (Wildman–Crippen MR) is 81.3 cm³/mol. The zero-order valence-corrected chi connectivity index (χ0v) is 12.2. The molecule has 2 nitrogen and oxygen atoms in total. The van der Waals surface area contributed by atoms with Crippen molar-refractivity contribution in [3.63, 3.8) is 0 Å². The van der Waals surface area contributed by atoms with Crippen LogP contribution in [0.4, 0.5) is 0 Å². The monoisotopic (exact) mass is 269 g/mol. The lowest BCUT2D eigenvalue weighted by atomic mass is 9.82. The summed E-state index contributed by atoms with van der Waals surface area (Å²) in [5, 5.41) is 0. The van der Waals surface area contributed by atoms with Gasteiger partial charge in [0, 0.05) is 19.0 Å². The van der Waals surface area contributed by atoms with Gasteiger partial charge >= 0.3 is 0 Å². The normalized spacial score (nSPS) is 29.9. The molecule has 0 radical (unpaired) electrons. The molecule has 3 rings (SSSR count). The SMILES string of the molecule is CN1C(=O)C(C2C=CCCC2)C[C@@H]1Cc1ccccc1. The molecule has 2 aliphatic rings. The van der Waals surface area contributed by atoms with Crippen molar-refractivity contribution < 1.29 is 4.79 Å². The van der Waals surface area contributed by atoms with E-state index in [4.69, 9.17) is 0 Å². The molecule has 3 atom stereocenters. The van der Waals surface area contributed by atoms with Crippen molar-refractivity contribution in [1.29, 1.82) is 0 Å². The smallest absolute Gasteiger partial charge is 0.226 e. The summed E-state index contributed by atoms with van der Waals surface area (Å²) in [5.74, 6) is 1.03. The Balaban J connectivity index is 1.70. The van der Waals surface area contributed by atoms with E-state index in [1.54, 1.807) is 0 Å². The van der Waals surface area contributed by atoms with E-state index in [1.807, 2.05) is 18.0 Å². The van der Waals surface area contributed by atoms with Crippen LogP contribution in [-0.2, 0) is 11.2 Å². The third-order valence-electron chi connectivity index (χ3n) is 4.86. The van der Waals surface area contributed by atoms with Crippen LogP contribution in [0, 0.1) is 11.8 Å². The van der Waals surface area contributed by atoms with Crippen LogP contribution in [0.15, 0.2) is 42.5 Å². The first-order valence-electron chi connectivity index (χ1n) is 7.73. The molecule has 20 heavy (non-hydrogen) atoms. The van der Waals surface area contributed by atoms with Crippen LogP contribution in [0.1, 0.15) is 31.2 Å². The first-order chi connectivity index (χ1) is 9.75. The molecular formula is C18H23NO. The number of carbonyl (C=O) groups is 1. The van der Waals surface area contributed by atoms with Gasteiger partial charge < -0.3 is 4.90 Å². The summed E-state index contributed by atoms with van der Waals surface area (Å²) in [4.78, 5) is 14.5. The number of likely N-dealkylation sites (tertiary alicyclic amines) is 1. The Bertz CT molecular complexity index is 493. The molecule has 1 aromatic carbocycles. The fourth-order valence-corrected chi connectivity index (χ4v) is 3.63. The number of hydrogen-bond acceptors (Lipinski definition) is 1. The van der Waals surface area contributed by atoms with E-state index in [0.717, 1.165) is 12.8 Å². The van der Waals surface area contributed by atoms with Crippen LogP contribution >= 0.6 is 0 Å². The van der Waals surface area contributed by atoms with E-state index < -0.39 is 0 Å². The maximum atomic E-state index is 12.5. The van der Waals surface area contributed by atoms with Gasteiger partial charge in [-0.3, -0.25) is 4.79 Å². The third kappa shape index (κ3) is 2.65. The molecule has 0 saturated carbocycles. The topological polar surface area (TPSA) is 20.3 Å². The molecule has 0 aromatic heterocycles. The van der Waals surface area contributed by atoms with Gasteiger partial charge in [-0.25, -0.2) is 0 Å². The maximum absolute atomic E-state index is 12.5. The summed E-state index contributed by atoms with van der Waals surface area (Å²) < 4.78 is 0. The summed E-state index contributed by atoms with van der Waals surface area (Å²) >= 11 is 0. The molecule has 0 spiro atoms. The van der Waals surface area contributed by atoms with Crippen LogP contribution in [0.25, 0.3) is 0 Å². The van der Waals surface area contributed by atoms with Gasteiger partial charge in [-0.1, -0.05) is 42.5 Å². The van der Waals surface area contributed by atoms with E-state index in [0.29, 0.717) is 17.9 Å². The average Bonchev–Trinajstić information content (AvgIpc) is 2.78. The Morgan fingerprint density at radius 3 is 2.75 bits per heavy atom. The number of nitrogens with zero attached hydrogens (tertiary/aromatic N) is 1. The number of rotatable bonds is 3. The van der Waals surface area contributed by atoms with E-state index in [-0.39, 0.29) is 5.92 Å². The van der Waals surface area contributed by atoms with Gasteiger partial charge in [0.15, 0.2) is 0 Å². The molecule has 1 aromatic rings. The number of allylic oxidation sites excluding steroid dienone is 2. The van der Waals surface area contributed by atoms with Crippen molar-refractivity contribution in [3.8, 4) is 0 Å². The van der Waals surface area contributed by atoms with E-state index in [1.165, 1.54) is 24.8 Å². The number of benzene rings is 1. The van der Waals surface area contributed by atoms with Crippen LogP contribution in [0.5, 0.6) is 0 Å². The second kappa shape index (κ2) is 5.82. The van der Waals surface area contributed by atoms with Gasteiger partial charge in [0.2, 0.25) is 5.91 Å². The van der Waals surface area contributed by atoms with Crippen molar-refractivity contribution in [3.05, 3.63) is 48.0 Å². The van der Waals surface area contributed by atoms with Crippen molar-refractivity contribution in [2.24, 2.45) is 11.8 Å². The number of amides is 1. The summed E-state index contributed by atoms with van der Waals surface area (Å²) in [6.45, 7) is 0. The second-order valence-corrected chi connectivity index (χ2v) is 6.16. The van der Waals surface area contributed by atoms with Crippen molar-refractivity contribution in [2.75, 3.05) is 7.05 Å². The Morgan fingerprint density at radius 2 is 2.05 bits per heavy atom.